The topological polar surface area (TPSA) is 34.9 Å². The van der Waals surface area contributed by atoms with E-state index in [2.05, 4.69) is 4.98 Å². The van der Waals surface area contributed by atoms with Gasteiger partial charge in [0, 0.05) is 13.0 Å². The van der Waals surface area contributed by atoms with Crippen LogP contribution in [0.3, 0.4) is 0 Å². The molecule has 0 saturated heterocycles. The summed E-state index contributed by atoms with van der Waals surface area (Å²) in [5, 5.41) is 0.685. The first-order chi connectivity index (χ1) is 8.11. The van der Waals surface area contributed by atoms with Crippen LogP contribution in [0.1, 0.15) is 39.4 Å². The molecule has 17 heavy (non-hydrogen) atoms. The normalized spacial score (nSPS) is 10.2. The van der Waals surface area contributed by atoms with Gasteiger partial charge in [0.05, 0.1) is 10.9 Å². The smallest absolute Gasteiger partial charge is 0.261 e. The summed E-state index contributed by atoms with van der Waals surface area (Å²) in [5.74, 6) is 1.09. The van der Waals surface area contributed by atoms with Gasteiger partial charge in [-0.1, -0.05) is 39.8 Å². The molecule has 0 aliphatic rings. The molecular weight excluding hydrogens is 212 g/mol. The minimum absolute atomic E-state index is 0.0318. The molecule has 1 aromatic heterocycles. The second-order valence-corrected chi connectivity index (χ2v) is 4.01. The van der Waals surface area contributed by atoms with Crippen molar-refractivity contribution in [1.29, 1.82) is 0 Å². The maximum atomic E-state index is 12.0. The van der Waals surface area contributed by atoms with Gasteiger partial charge in [-0.2, -0.15) is 0 Å². The van der Waals surface area contributed by atoms with Crippen molar-refractivity contribution in [3.05, 3.63) is 40.4 Å². The van der Waals surface area contributed by atoms with E-state index < -0.39 is 0 Å². The summed E-state index contributed by atoms with van der Waals surface area (Å²) in [7, 11) is 1.77. The average Bonchev–Trinajstić information content (AvgIpc) is 2.36. The van der Waals surface area contributed by atoms with Gasteiger partial charge in [0.1, 0.15) is 5.82 Å². The molecule has 0 aliphatic heterocycles. The van der Waals surface area contributed by atoms with E-state index in [1.165, 1.54) is 0 Å². The summed E-state index contributed by atoms with van der Waals surface area (Å²) in [6.07, 6.45) is 0. The summed E-state index contributed by atoms with van der Waals surface area (Å²) >= 11 is 0. The van der Waals surface area contributed by atoms with Crippen molar-refractivity contribution >= 4 is 10.9 Å². The molecule has 0 N–H and O–H groups in total. The molecule has 3 nitrogen and oxygen atoms in total. The lowest BCUT2D eigenvalue weighted by molar-refractivity contribution is 0.676. The quantitative estimate of drug-likeness (QED) is 0.757. The van der Waals surface area contributed by atoms with E-state index in [0.717, 1.165) is 11.3 Å². The summed E-state index contributed by atoms with van der Waals surface area (Å²) in [4.78, 5) is 16.5. The molecule has 3 heteroatoms. The molecule has 2 aromatic rings. The summed E-state index contributed by atoms with van der Waals surface area (Å²) in [6, 6.07) is 7.46. The van der Waals surface area contributed by atoms with Crippen molar-refractivity contribution in [2.45, 2.75) is 33.6 Å². The van der Waals surface area contributed by atoms with E-state index in [9.17, 15) is 4.79 Å². The number of benzene rings is 1. The standard InChI is InChI=1S/C12H14N2O.C2H6/c1-8(2)11-13-10-7-5-4-6-9(10)12(15)14(11)3;1-2/h4-8H,1-3H3;1-2H3. The lowest BCUT2D eigenvalue weighted by Crippen LogP contribution is -2.22. The van der Waals surface area contributed by atoms with Crippen molar-refractivity contribution < 1.29 is 0 Å². The van der Waals surface area contributed by atoms with Crippen molar-refractivity contribution in [2.75, 3.05) is 0 Å². The number of para-hydroxylation sites is 1. The molecule has 0 bridgehead atoms. The van der Waals surface area contributed by atoms with E-state index >= 15 is 0 Å². The highest BCUT2D eigenvalue weighted by Crippen LogP contribution is 2.13. The number of hydrogen-bond acceptors (Lipinski definition) is 2. The first-order valence-corrected chi connectivity index (χ1v) is 6.07. The molecule has 0 atom stereocenters. The van der Waals surface area contributed by atoms with E-state index in [1.54, 1.807) is 11.6 Å². The number of nitrogens with zero attached hydrogens (tertiary/aromatic N) is 2. The molecule has 1 aromatic carbocycles. The fraction of sp³-hybridized carbons (Fsp3) is 0.429. The highest BCUT2D eigenvalue weighted by Gasteiger charge is 2.09. The van der Waals surface area contributed by atoms with Crippen LogP contribution in [-0.4, -0.2) is 9.55 Å². The van der Waals surface area contributed by atoms with Gasteiger partial charge in [0.15, 0.2) is 0 Å². The van der Waals surface area contributed by atoms with Gasteiger partial charge in [-0.15, -0.1) is 0 Å². The van der Waals surface area contributed by atoms with E-state index in [-0.39, 0.29) is 11.5 Å². The fourth-order valence-electron chi connectivity index (χ4n) is 1.75. The number of rotatable bonds is 1. The fourth-order valence-corrected chi connectivity index (χ4v) is 1.75. The highest BCUT2D eigenvalue weighted by molar-refractivity contribution is 5.77. The Bertz CT molecular complexity index is 556. The Morgan fingerprint density at radius 2 is 1.76 bits per heavy atom. The van der Waals surface area contributed by atoms with Crippen LogP contribution in [0, 0.1) is 0 Å². The Morgan fingerprint density at radius 3 is 2.35 bits per heavy atom. The van der Waals surface area contributed by atoms with Crippen LogP contribution in [0.5, 0.6) is 0 Å². The van der Waals surface area contributed by atoms with Gasteiger partial charge in [-0.25, -0.2) is 4.98 Å². The molecule has 92 valence electrons. The van der Waals surface area contributed by atoms with E-state index in [1.807, 2.05) is 52.0 Å². The first-order valence-electron chi connectivity index (χ1n) is 6.07. The van der Waals surface area contributed by atoms with Crippen molar-refractivity contribution in [1.82, 2.24) is 9.55 Å². The first kappa shape index (κ1) is 13.4. The molecule has 0 unspecified atom stereocenters. The maximum Gasteiger partial charge on any atom is 0.261 e. The van der Waals surface area contributed by atoms with Gasteiger partial charge in [0.2, 0.25) is 0 Å². The third kappa shape index (κ3) is 2.54. The lowest BCUT2D eigenvalue weighted by Gasteiger charge is -2.11. The molecule has 0 spiro atoms. The van der Waals surface area contributed by atoms with Crippen LogP contribution in [0.2, 0.25) is 0 Å². The predicted molar refractivity (Wildman–Crippen MR) is 72.4 cm³/mol. The lowest BCUT2D eigenvalue weighted by atomic mass is 10.2. The maximum absolute atomic E-state index is 12.0. The van der Waals surface area contributed by atoms with Gasteiger partial charge >= 0.3 is 0 Å². The summed E-state index contributed by atoms with van der Waals surface area (Å²) in [6.45, 7) is 8.08. The zero-order valence-corrected chi connectivity index (χ0v) is 11.2. The molecule has 2 rings (SSSR count). The third-order valence-electron chi connectivity index (χ3n) is 2.53. The molecule has 0 saturated carbocycles. The van der Waals surface area contributed by atoms with Crippen LogP contribution in [0.25, 0.3) is 10.9 Å². The Hall–Kier alpha value is -1.64. The van der Waals surface area contributed by atoms with E-state index in [0.29, 0.717) is 5.39 Å². The van der Waals surface area contributed by atoms with Crippen molar-refractivity contribution in [3.8, 4) is 0 Å². The van der Waals surface area contributed by atoms with E-state index in [4.69, 9.17) is 0 Å². The summed E-state index contributed by atoms with van der Waals surface area (Å²) in [5.41, 5.74) is 0.814. The Morgan fingerprint density at radius 1 is 1.18 bits per heavy atom. The monoisotopic (exact) mass is 232 g/mol. The Kier molecular flexibility index (Phi) is 4.44. The number of hydrogen-bond donors (Lipinski definition) is 0. The highest BCUT2D eigenvalue weighted by atomic mass is 16.1. The van der Waals surface area contributed by atoms with Crippen LogP contribution < -0.4 is 5.56 Å². The second kappa shape index (κ2) is 5.62. The number of fused-ring (bicyclic) bond motifs is 1. The SMILES string of the molecule is CC.CC(C)c1nc2ccccc2c(=O)n1C. The predicted octanol–water partition coefficient (Wildman–Crippen LogP) is 3.08. The second-order valence-electron chi connectivity index (χ2n) is 4.01. The zero-order chi connectivity index (χ0) is 13.0. The van der Waals surface area contributed by atoms with Crippen molar-refractivity contribution in [3.63, 3.8) is 0 Å². The Labute approximate surface area is 102 Å². The number of aromatic nitrogens is 2. The van der Waals surface area contributed by atoms with Crippen LogP contribution in [-0.2, 0) is 7.05 Å². The zero-order valence-electron chi connectivity index (χ0n) is 11.2. The molecule has 0 fully saturated rings. The third-order valence-corrected chi connectivity index (χ3v) is 2.53. The van der Waals surface area contributed by atoms with Gasteiger partial charge in [-0.3, -0.25) is 9.36 Å². The summed E-state index contributed by atoms with van der Waals surface area (Å²) < 4.78 is 1.63. The minimum Gasteiger partial charge on any atom is -0.299 e. The Balaban J connectivity index is 0.000000686. The largest absolute Gasteiger partial charge is 0.299 e. The van der Waals surface area contributed by atoms with Crippen LogP contribution in [0.15, 0.2) is 29.1 Å². The molecule has 1 heterocycles. The molecule has 0 radical (unpaired) electrons. The average molecular weight is 232 g/mol. The van der Waals surface area contributed by atoms with Gasteiger partial charge in [0.25, 0.3) is 5.56 Å². The van der Waals surface area contributed by atoms with Gasteiger partial charge in [-0.05, 0) is 12.1 Å². The van der Waals surface area contributed by atoms with Gasteiger partial charge < -0.3 is 0 Å². The minimum atomic E-state index is 0.0318. The van der Waals surface area contributed by atoms with Crippen LogP contribution in [0.4, 0.5) is 0 Å². The molecule has 0 aliphatic carbocycles. The van der Waals surface area contributed by atoms with Crippen molar-refractivity contribution in [2.24, 2.45) is 7.05 Å². The molecular formula is C14H20N2O. The van der Waals surface area contributed by atoms with Crippen LogP contribution >= 0.6 is 0 Å². The molecule has 0 amide bonds.